The van der Waals surface area contributed by atoms with Crippen molar-refractivity contribution in [2.75, 3.05) is 0 Å². The van der Waals surface area contributed by atoms with E-state index in [0.717, 1.165) is 0 Å². The minimum atomic E-state index is -3.59. The van der Waals surface area contributed by atoms with Crippen LogP contribution in [0.5, 0.6) is 0 Å². The van der Waals surface area contributed by atoms with E-state index < -0.39 is 10.0 Å². The molecule has 1 heterocycles. The SMILES string of the molecule is CCC(C)NS(=O)(=O)c1cc(-c2ccc(=O)[nH]n2)ccc1C. The van der Waals surface area contributed by atoms with Crippen LogP contribution in [0.3, 0.4) is 0 Å². The van der Waals surface area contributed by atoms with Gasteiger partial charge in [0.2, 0.25) is 10.0 Å². The Kier molecular flexibility index (Phi) is 4.77. The van der Waals surface area contributed by atoms with Crippen molar-refractivity contribution in [2.24, 2.45) is 0 Å². The van der Waals surface area contributed by atoms with E-state index in [2.05, 4.69) is 14.9 Å². The fraction of sp³-hybridized carbons (Fsp3) is 0.333. The maximum absolute atomic E-state index is 12.5. The van der Waals surface area contributed by atoms with Crippen molar-refractivity contribution < 1.29 is 8.42 Å². The van der Waals surface area contributed by atoms with Crippen LogP contribution in [0.4, 0.5) is 0 Å². The van der Waals surface area contributed by atoms with Crippen molar-refractivity contribution in [3.05, 3.63) is 46.2 Å². The van der Waals surface area contributed by atoms with Gasteiger partial charge in [-0.05, 0) is 38.0 Å². The van der Waals surface area contributed by atoms with Gasteiger partial charge in [0.05, 0.1) is 10.6 Å². The summed E-state index contributed by atoms with van der Waals surface area (Å²) < 4.78 is 27.6. The number of nitrogens with one attached hydrogen (secondary N) is 2. The summed E-state index contributed by atoms with van der Waals surface area (Å²) in [5.41, 5.74) is 1.50. The number of benzene rings is 1. The fourth-order valence-corrected chi connectivity index (χ4v) is 3.56. The highest BCUT2D eigenvalue weighted by Crippen LogP contribution is 2.23. The summed E-state index contributed by atoms with van der Waals surface area (Å²) in [5, 5.41) is 6.27. The topological polar surface area (TPSA) is 91.9 Å². The van der Waals surface area contributed by atoms with Crippen molar-refractivity contribution in [1.29, 1.82) is 0 Å². The summed E-state index contributed by atoms with van der Waals surface area (Å²) in [5.74, 6) is 0. The number of hydrogen-bond donors (Lipinski definition) is 2. The van der Waals surface area contributed by atoms with Crippen molar-refractivity contribution in [2.45, 2.75) is 38.1 Å². The van der Waals surface area contributed by atoms with Crippen molar-refractivity contribution in [3.8, 4) is 11.3 Å². The second kappa shape index (κ2) is 6.41. The van der Waals surface area contributed by atoms with Gasteiger partial charge in [-0.2, -0.15) is 5.10 Å². The Morgan fingerprint density at radius 1 is 1.27 bits per heavy atom. The van der Waals surface area contributed by atoms with Crippen molar-refractivity contribution >= 4 is 10.0 Å². The van der Waals surface area contributed by atoms with Crippen LogP contribution in [-0.4, -0.2) is 24.7 Å². The van der Waals surface area contributed by atoms with Crippen LogP contribution in [0.1, 0.15) is 25.8 Å². The van der Waals surface area contributed by atoms with Gasteiger partial charge in [-0.3, -0.25) is 4.79 Å². The molecule has 0 amide bonds. The molecule has 22 heavy (non-hydrogen) atoms. The number of aromatic amines is 1. The molecule has 0 saturated carbocycles. The first-order valence-electron chi connectivity index (χ1n) is 7.02. The lowest BCUT2D eigenvalue weighted by Gasteiger charge is -2.14. The van der Waals surface area contributed by atoms with Gasteiger partial charge in [0.15, 0.2) is 0 Å². The maximum atomic E-state index is 12.5. The molecule has 6 nitrogen and oxygen atoms in total. The summed E-state index contributed by atoms with van der Waals surface area (Å²) in [6, 6.07) is 7.85. The second-order valence-corrected chi connectivity index (χ2v) is 6.90. The number of aryl methyl sites for hydroxylation is 1. The number of nitrogens with zero attached hydrogens (tertiary/aromatic N) is 1. The Morgan fingerprint density at radius 3 is 2.59 bits per heavy atom. The van der Waals surface area contributed by atoms with Gasteiger partial charge in [-0.15, -0.1) is 0 Å². The van der Waals surface area contributed by atoms with E-state index in [-0.39, 0.29) is 16.5 Å². The molecule has 2 aromatic rings. The highest BCUT2D eigenvalue weighted by molar-refractivity contribution is 7.89. The maximum Gasteiger partial charge on any atom is 0.264 e. The number of sulfonamides is 1. The molecule has 118 valence electrons. The Morgan fingerprint density at radius 2 is 2.00 bits per heavy atom. The standard InChI is InChI=1S/C15H19N3O3S/c1-4-11(3)18-22(20,21)14-9-12(6-5-10(14)2)13-7-8-15(19)17-16-13/h5-9,11,18H,4H2,1-3H3,(H,17,19). The third kappa shape index (κ3) is 3.61. The molecule has 7 heteroatoms. The molecule has 0 fully saturated rings. The molecule has 0 aliphatic heterocycles. The molecule has 2 rings (SSSR count). The molecular formula is C15H19N3O3S. The van der Waals surface area contributed by atoms with Crippen LogP contribution < -0.4 is 10.3 Å². The molecule has 1 unspecified atom stereocenters. The Balaban J connectivity index is 2.47. The minimum absolute atomic E-state index is 0.140. The largest absolute Gasteiger partial charge is 0.268 e. The Labute approximate surface area is 129 Å². The molecule has 0 radical (unpaired) electrons. The molecule has 0 bridgehead atoms. The van der Waals surface area contributed by atoms with E-state index in [9.17, 15) is 13.2 Å². The fourth-order valence-electron chi connectivity index (χ4n) is 1.97. The van der Waals surface area contributed by atoms with E-state index in [1.807, 2.05) is 13.8 Å². The molecule has 0 spiro atoms. The summed E-state index contributed by atoms with van der Waals surface area (Å²) in [7, 11) is -3.59. The van der Waals surface area contributed by atoms with E-state index >= 15 is 0 Å². The van der Waals surface area contributed by atoms with Gasteiger partial charge in [0.1, 0.15) is 0 Å². The van der Waals surface area contributed by atoms with Crippen LogP contribution >= 0.6 is 0 Å². The molecule has 1 aromatic heterocycles. The first-order valence-corrected chi connectivity index (χ1v) is 8.51. The molecule has 1 aromatic carbocycles. The van der Waals surface area contributed by atoms with Gasteiger partial charge in [-0.25, -0.2) is 18.2 Å². The third-order valence-corrected chi connectivity index (χ3v) is 5.15. The van der Waals surface area contributed by atoms with Crippen LogP contribution in [-0.2, 0) is 10.0 Å². The number of aromatic nitrogens is 2. The van der Waals surface area contributed by atoms with Gasteiger partial charge in [0.25, 0.3) is 5.56 Å². The molecule has 2 N–H and O–H groups in total. The van der Waals surface area contributed by atoms with E-state index in [4.69, 9.17) is 0 Å². The summed E-state index contributed by atoms with van der Waals surface area (Å²) in [4.78, 5) is 11.3. The molecule has 0 aliphatic rings. The molecule has 0 saturated heterocycles. The Bertz CT molecular complexity index is 808. The first-order chi connectivity index (χ1) is 10.3. The molecule has 1 atom stereocenters. The number of hydrogen-bond acceptors (Lipinski definition) is 4. The average molecular weight is 321 g/mol. The van der Waals surface area contributed by atoms with Crippen LogP contribution in [0.25, 0.3) is 11.3 Å². The van der Waals surface area contributed by atoms with Crippen LogP contribution in [0.2, 0.25) is 0 Å². The smallest absolute Gasteiger partial charge is 0.264 e. The summed E-state index contributed by atoms with van der Waals surface area (Å²) >= 11 is 0. The quantitative estimate of drug-likeness (QED) is 0.878. The minimum Gasteiger partial charge on any atom is -0.268 e. The predicted molar refractivity (Wildman–Crippen MR) is 85.1 cm³/mol. The zero-order valence-corrected chi connectivity index (χ0v) is 13.6. The first kappa shape index (κ1) is 16.4. The highest BCUT2D eigenvalue weighted by atomic mass is 32.2. The lowest BCUT2D eigenvalue weighted by molar-refractivity contribution is 0.555. The molecule has 0 aliphatic carbocycles. The van der Waals surface area contributed by atoms with Crippen molar-refractivity contribution in [1.82, 2.24) is 14.9 Å². The average Bonchev–Trinajstić information content (AvgIpc) is 2.48. The normalized spacial score (nSPS) is 13.0. The summed E-state index contributed by atoms with van der Waals surface area (Å²) in [6.45, 7) is 5.48. The predicted octanol–water partition coefficient (Wildman–Crippen LogP) is 1.82. The van der Waals surface area contributed by atoms with E-state index in [0.29, 0.717) is 23.2 Å². The third-order valence-electron chi connectivity index (χ3n) is 3.42. The van der Waals surface area contributed by atoms with Gasteiger partial charge in [0, 0.05) is 17.7 Å². The van der Waals surface area contributed by atoms with Gasteiger partial charge >= 0.3 is 0 Å². The van der Waals surface area contributed by atoms with Crippen molar-refractivity contribution in [3.63, 3.8) is 0 Å². The zero-order chi connectivity index (χ0) is 16.3. The lowest BCUT2D eigenvalue weighted by Crippen LogP contribution is -2.32. The molecular weight excluding hydrogens is 302 g/mol. The highest BCUT2D eigenvalue weighted by Gasteiger charge is 2.19. The second-order valence-electron chi connectivity index (χ2n) is 5.22. The lowest BCUT2D eigenvalue weighted by atomic mass is 10.1. The van der Waals surface area contributed by atoms with Crippen LogP contribution in [0, 0.1) is 6.92 Å². The van der Waals surface area contributed by atoms with E-state index in [1.165, 1.54) is 6.07 Å². The number of H-pyrrole nitrogens is 1. The van der Waals surface area contributed by atoms with Gasteiger partial charge in [-0.1, -0.05) is 19.1 Å². The zero-order valence-electron chi connectivity index (χ0n) is 12.8. The monoisotopic (exact) mass is 321 g/mol. The number of rotatable bonds is 5. The van der Waals surface area contributed by atoms with E-state index in [1.54, 1.807) is 31.2 Å². The Hall–Kier alpha value is -1.99. The summed E-state index contributed by atoms with van der Waals surface area (Å²) in [6.07, 6.45) is 0.708. The van der Waals surface area contributed by atoms with Gasteiger partial charge < -0.3 is 0 Å². The van der Waals surface area contributed by atoms with Crippen LogP contribution in [0.15, 0.2) is 40.0 Å².